The van der Waals surface area contributed by atoms with Gasteiger partial charge >= 0.3 is 12.0 Å². The van der Waals surface area contributed by atoms with Crippen molar-refractivity contribution in [3.05, 3.63) is 0 Å². The first-order valence-electron chi connectivity index (χ1n) is 6.84. The van der Waals surface area contributed by atoms with E-state index >= 15 is 0 Å². The van der Waals surface area contributed by atoms with Gasteiger partial charge in [0.2, 0.25) is 0 Å². The van der Waals surface area contributed by atoms with Crippen molar-refractivity contribution in [2.24, 2.45) is 5.92 Å². The molecule has 0 N–H and O–H groups in total. The lowest BCUT2D eigenvalue weighted by Crippen LogP contribution is -2.48. The molecule has 0 aromatic carbocycles. The summed E-state index contributed by atoms with van der Waals surface area (Å²) in [6, 6.07) is 0.0361. The minimum absolute atomic E-state index is 0.0361. The number of esters is 1. The van der Waals surface area contributed by atoms with Crippen molar-refractivity contribution in [3.63, 3.8) is 0 Å². The summed E-state index contributed by atoms with van der Waals surface area (Å²) in [4.78, 5) is 27.4. The first-order chi connectivity index (χ1) is 8.63. The third-order valence-corrected chi connectivity index (χ3v) is 3.35. The number of piperidine rings is 1. The van der Waals surface area contributed by atoms with Gasteiger partial charge in [-0.3, -0.25) is 4.79 Å². The molecule has 1 aliphatic rings. The largest absolute Gasteiger partial charge is 0.466 e. The van der Waals surface area contributed by atoms with Crippen LogP contribution in [0.5, 0.6) is 0 Å². The van der Waals surface area contributed by atoms with E-state index in [0.29, 0.717) is 26.2 Å². The highest BCUT2D eigenvalue weighted by Crippen LogP contribution is 2.19. The molecular weight excluding hydrogens is 232 g/mol. The normalized spacial score (nSPS) is 19.5. The molecule has 18 heavy (non-hydrogen) atoms. The van der Waals surface area contributed by atoms with Gasteiger partial charge in [0.25, 0.3) is 0 Å². The summed E-state index contributed by atoms with van der Waals surface area (Å²) >= 11 is 0. The molecule has 1 heterocycles. The third-order valence-electron chi connectivity index (χ3n) is 3.35. The van der Waals surface area contributed by atoms with Crippen LogP contribution >= 0.6 is 0 Å². The second kappa shape index (κ2) is 7.24. The van der Waals surface area contributed by atoms with Crippen molar-refractivity contribution in [1.82, 2.24) is 9.80 Å². The van der Waals surface area contributed by atoms with Gasteiger partial charge < -0.3 is 14.5 Å². The maximum absolute atomic E-state index is 12.2. The zero-order valence-corrected chi connectivity index (χ0v) is 11.6. The van der Waals surface area contributed by atoms with Crippen LogP contribution in [0.2, 0.25) is 0 Å². The summed E-state index contributed by atoms with van der Waals surface area (Å²) in [5.41, 5.74) is 0. The second-order valence-corrected chi connectivity index (χ2v) is 4.49. The summed E-state index contributed by atoms with van der Waals surface area (Å²) in [7, 11) is 0. The van der Waals surface area contributed by atoms with Crippen LogP contribution in [0.3, 0.4) is 0 Å². The van der Waals surface area contributed by atoms with E-state index in [1.54, 1.807) is 16.7 Å². The van der Waals surface area contributed by atoms with E-state index in [1.807, 2.05) is 13.8 Å². The lowest BCUT2D eigenvalue weighted by atomic mass is 9.98. The molecule has 1 saturated heterocycles. The molecule has 0 spiro atoms. The number of carbonyl (C=O) groups is 2. The highest BCUT2D eigenvalue weighted by atomic mass is 16.5. The molecule has 104 valence electrons. The van der Waals surface area contributed by atoms with Gasteiger partial charge in [-0.1, -0.05) is 0 Å². The van der Waals surface area contributed by atoms with Crippen LogP contribution in [0, 0.1) is 5.92 Å². The van der Waals surface area contributed by atoms with Crippen LogP contribution in [0.15, 0.2) is 0 Å². The van der Waals surface area contributed by atoms with Gasteiger partial charge in [-0.15, -0.1) is 0 Å². The maximum atomic E-state index is 12.2. The van der Waals surface area contributed by atoms with E-state index < -0.39 is 0 Å². The minimum Gasteiger partial charge on any atom is -0.466 e. The Bertz CT molecular complexity index is 290. The van der Waals surface area contributed by atoms with Crippen molar-refractivity contribution >= 4 is 12.0 Å². The number of likely N-dealkylation sites (tertiary alicyclic amines) is 1. The fourth-order valence-corrected chi connectivity index (χ4v) is 2.30. The number of urea groups is 1. The molecule has 0 aromatic heterocycles. The number of carbonyl (C=O) groups excluding carboxylic acids is 2. The lowest BCUT2D eigenvalue weighted by Gasteiger charge is -2.35. The average molecular weight is 256 g/mol. The summed E-state index contributed by atoms with van der Waals surface area (Å²) < 4.78 is 5.03. The van der Waals surface area contributed by atoms with Crippen molar-refractivity contribution in [2.45, 2.75) is 33.6 Å². The first-order valence-corrected chi connectivity index (χ1v) is 6.84. The summed E-state index contributed by atoms with van der Waals surface area (Å²) in [6.45, 7) is 8.78. The molecule has 0 saturated carbocycles. The average Bonchev–Trinajstić information content (AvgIpc) is 2.40. The Morgan fingerprint density at radius 1 is 1.28 bits per heavy atom. The highest BCUT2D eigenvalue weighted by molar-refractivity contribution is 5.77. The Morgan fingerprint density at radius 3 is 2.50 bits per heavy atom. The van der Waals surface area contributed by atoms with Crippen LogP contribution in [-0.2, 0) is 9.53 Å². The Balaban J connectivity index is 2.57. The minimum atomic E-state index is -0.172. The van der Waals surface area contributed by atoms with E-state index in [2.05, 4.69) is 0 Å². The van der Waals surface area contributed by atoms with Gasteiger partial charge in [0.15, 0.2) is 0 Å². The molecule has 2 amide bonds. The molecule has 0 aromatic rings. The molecule has 1 fully saturated rings. The lowest BCUT2D eigenvalue weighted by molar-refractivity contribution is -0.149. The summed E-state index contributed by atoms with van der Waals surface area (Å²) in [5, 5.41) is 0. The van der Waals surface area contributed by atoms with Crippen LogP contribution < -0.4 is 0 Å². The molecule has 1 aliphatic heterocycles. The molecule has 5 nitrogen and oxygen atoms in total. The molecule has 0 aliphatic carbocycles. The number of rotatable bonds is 4. The topological polar surface area (TPSA) is 49.9 Å². The standard InChI is InChI=1S/C13H24N2O3/c1-4-14(5-2)13(17)15-9-7-8-11(10-15)12(16)18-6-3/h11H,4-10H2,1-3H3. The fourth-order valence-electron chi connectivity index (χ4n) is 2.30. The summed E-state index contributed by atoms with van der Waals surface area (Å²) in [5.74, 6) is -0.326. The van der Waals surface area contributed by atoms with E-state index in [0.717, 1.165) is 19.4 Å². The number of hydrogen-bond donors (Lipinski definition) is 0. The SMILES string of the molecule is CCOC(=O)C1CCCN(C(=O)N(CC)CC)C1. The van der Waals surface area contributed by atoms with E-state index in [9.17, 15) is 9.59 Å². The van der Waals surface area contributed by atoms with Crippen molar-refractivity contribution < 1.29 is 14.3 Å². The van der Waals surface area contributed by atoms with Gasteiger partial charge in [0.05, 0.1) is 12.5 Å². The Morgan fingerprint density at radius 2 is 1.94 bits per heavy atom. The molecule has 1 atom stereocenters. The predicted molar refractivity (Wildman–Crippen MR) is 69.2 cm³/mol. The molecule has 0 bridgehead atoms. The third kappa shape index (κ3) is 3.62. The predicted octanol–water partition coefficient (Wildman–Crippen LogP) is 1.72. The molecule has 1 rings (SSSR count). The van der Waals surface area contributed by atoms with Gasteiger partial charge in [-0.25, -0.2) is 4.79 Å². The molecular formula is C13H24N2O3. The molecule has 5 heteroatoms. The second-order valence-electron chi connectivity index (χ2n) is 4.49. The molecule has 0 radical (unpaired) electrons. The van der Waals surface area contributed by atoms with Gasteiger partial charge in [-0.05, 0) is 33.6 Å². The fraction of sp³-hybridized carbons (Fsp3) is 0.846. The Kier molecular flexibility index (Phi) is 5.95. The van der Waals surface area contributed by atoms with Crippen molar-refractivity contribution in [2.75, 3.05) is 32.8 Å². The molecule has 1 unspecified atom stereocenters. The monoisotopic (exact) mass is 256 g/mol. The van der Waals surface area contributed by atoms with E-state index in [1.165, 1.54) is 0 Å². The van der Waals surface area contributed by atoms with Gasteiger partial charge in [0.1, 0.15) is 0 Å². The number of ether oxygens (including phenoxy) is 1. The zero-order valence-electron chi connectivity index (χ0n) is 11.6. The van der Waals surface area contributed by atoms with E-state index in [-0.39, 0.29) is 17.9 Å². The van der Waals surface area contributed by atoms with Gasteiger partial charge in [0, 0.05) is 26.2 Å². The Labute approximate surface area is 109 Å². The summed E-state index contributed by atoms with van der Waals surface area (Å²) in [6.07, 6.45) is 1.69. The van der Waals surface area contributed by atoms with Crippen LogP contribution in [0.4, 0.5) is 4.79 Å². The van der Waals surface area contributed by atoms with Crippen LogP contribution in [0.25, 0.3) is 0 Å². The van der Waals surface area contributed by atoms with Crippen LogP contribution in [-0.4, -0.2) is 54.6 Å². The quantitative estimate of drug-likeness (QED) is 0.720. The number of hydrogen-bond acceptors (Lipinski definition) is 3. The van der Waals surface area contributed by atoms with E-state index in [4.69, 9.17) is 4.74 Å². The van der Waals surface area contributed by atoms with Gasteiger partial charge in [-0.2, -0.15) is 0 Å². The first kappa shape index (κ1) is 14.8. The zero-order chi connectivity index (χ0) is 13.5. The number of amides is 2. The van der Waals surface area contributed by atoms with Crippen molar-refractivity contribution in [1.29, 1.82) is 0 Å². The van der Waals surface area contributed by atoms with Crippen molar-refractivity contribution in [3.8, 4) is 0 Å². The van der Waals surface area contributed by atoms with Crippen LogP contribution in [0.1, 0.15) is 33.6 Å². The maximum Gasteiger partial charge on any atom is 0.320 e. The highest BCUT2D eigenvalue weighted by Gasteiger charge is 2.30. The smallest absolute Gasteiger partial charge is 0.320 e. The number of nitrogens with zero attached hydrogens (tertiary/aromatic N) is 2. The Hall–Kier alpha value is -1.26.